The van der Waals surface area contributed by atoms with E-state index in [1.54, 1.807) is 20.2 Å². The first-order chi connectivity index (χ1) is 15.9. The van der Waals surface area contributed by atoms with Gasteiger partial charge in [-0.3, -0.25) is 5.41 Å². The van der Waals surface area contributed by atoms with E-state index in [0.29, 0.717) is 11.6 Å². The van der Waals surface area contributed by atoms with Gasteiger partial charge >= 0.3 is 5.69 Å². The first-order valence-corrected chi connectivity index (χ1v) is 11.1. The molecule has 9 nitrogen and oxygen atoms in total. The number of aromatic nitrogens is 4. The number of aryl methyl sites for hydroxylation is 1. The summed E-state index contributed by atoms with van der Waals surface area (Å²) < 4.78 is 13.8. The molecule has 9 heteroatoms. The van der Waals surface area contributed by atoms with Gasteiger partial charge in [-0.1, -0.05) is 31.2 Å². The first kappa shape index (κ1) is 22.6. The normalized spacial score (nSPS) is 20.1. The molecule has 2 atom stereocenters. The summed E-state index contributed by atoms with van der Waals surface area (Å²) in [7, 11) is 5.19. The lowest BCUT2D eigenvalue weighted by atomic mass is 9.94. The van der Waals surface area contributed by atoms with Crippen LogP contribution in [0.25, 0.3) is 5.69 Å². The summed E-state index contributed by atoms with van der Waals surface area (Å²) in [5, 5.41) is 16.1. The number of ether oxygens (including phenoxy) is 2. The van der Waals surface area contributed by atoms with Crippen molar-refractivity contribution in [1.29, 1.82) is 5.41 Å². The zero-order chi connectivity index (χ0) is 23.5. The van der Waals surface area contributed by atoms with Crippen LogP contribution in [-0.2, 0) is 23.1 Å². The fraction of sp³-hybridized carbons (Fsp3) is 0.417. The first-order valence-electron chi connectivity index (χ1n) is 11.1. The molecule has 1 fully saturated rings. The van der Waals surface area contributed by atoms with Gasteiger partial charge in [-0.15, -0.1) is 0 Å². The second kappa shape index (κ2) is 9.48. The summed E-state index contributed by atoms with van der Waals surface area (Å²) in [6, 6.07) is 5.87. The summed E-state index contributed by atoms with van der Waals surface area (Å²) in [6.07, 6.45) is 11.8. The van der Waals surface area contributed by atoms with E-state index in [-0.39, 0.29) is 30.2 Å². The van der Waals surface area contributed by atoms with E-state index in [1.165, 1.54) is 9.36 Å². The number of hydrogen-bond acceptors (Lipinski definition) is 7. The molecule has 0 radical (unpaired) electrons. The minimum Gasteiger partial charge on any atom is -0.499 e. The monoisotopic (exact) mass is 450 g/mol. The minimum atomic E-state index is -0.321. The summed E-state index contributed by atoms with van der Waals surface area (Å²) in [4.78, 5) is 14.5. The molecule has 2 aliphatic rings. The van der Waals surface area contributed by atoms with E-state index in [4.69, 9.17) is 14.9 Å². The highest BCUT2D eigenvalue weighted by Crippen LogP contribution is 2.43. The van der Waals surface area contributed by atoms with Crippen molar-refractivity contribution in [3.05, 3.63) is 76.1 Å². The van der Waals surface area contributed by atoms with E-state index in [9.17, 15) is 4.79 Å². The molecule has 1 aromatic carbocycles. The number of rotatable bonds is 8. The average molecular weight is 451 g/mol. The Balaban J connectivity index is 1.49. The Hall–Kier alpha value is -3.62. The summed E-state index contributed by atoms with van der Waals surface area (Å²) >= 11 is 0. The molecule has 4 rings (SSSR count). The lowest BCUT2D eigenvalue weighted by Gasteiger charge is -2.33. The molecule has 0 aliphatic heterocycles. The smallest absolute Gasteiger partial charge is 0.368 e. The summed E-state index contributed by atoms with van der Waals surface area (Å²) in [6.45, 7) is 2.30. The predicted molar refractivity (Wildman–Crippen MR) is 125 cm³/mol. The molecule has 0 amide bonds. The molecule has 1 N–H and O–H groups in total. The third-order valence-corrected chi connectivity index (χ3v) is 6.13. The number of tetrazole rings is 1. The molecule has 1 heterocycles. The predicted octanol–water partition coefficient (Wildman–Crippen LogP) is 2.89. The lowest BCUT2D eigenvalue weighted by Crippen LogP contribution is -2.36. The Kier molecular flexibility index (Phi) is 6.48. The third kappa shape index (κ3) is 4.76. The van der Waals surface area contributed by atoms with Crippen LogP contribution in [0.3, 0.4) is 0 Å². The standard InChI is InChI=1S/C24H30N6O3/c1-16-7-5-10-21(32-4)23(16)28(2)14-13-22(25)33-15-19-18(17-11-12-17)8-6-9-20(19)30-24(31)29(3)26-27-30/h5-10,13-14,16-17,23,25H,11-12,15H2,1-4H3/b14-13-,25-22?. The number of allylic oxidation sites excluding steroid dienone is 2. The van der Waals surface area contributed by atoms with Gasteiger partial charge in [-0.05, 0) is 46.9 Å². The van der Waals surface area contributed by atoms with Crippen LogP contribution in [0, 0.1) is 11.3 Å². The van der Waals surface area contributed by atoms with Crippen molar-refractivity contribution >= 4 is 5.90 Å². The zero-order valence-electron chi connectivity index (χ0n) is 19.4. The van der Waals surface area contributed by atoms with Crippen molar-refractivity contribution in [2.24, 2.45) is 13.0 Å². The fourth-order valence-electron chi connectivity index (χ4n) is 4.21. The fourth-order valence-corrected chi connectivity index (χ4v) is 4.21. The van der Waals surface area contributed by atoms with Crippen LogP contribution in [0.2, 0.25) is 0 Å². The van der Waals surface area contributed by atoms with Gasteiger partial charge in [0.25, 0.3) is 0 Å². The summed E-state index contributed by atoms with van der Waals surface area (Å²) in [5.74, 6) is 1.63. The van der Waals surface area contributed by atoms with Crippen molar-refractivity contribution in [3.8, 4) is 5.69 Å². The molecule has 2 unspecified atom stereocenters. The highest BCUT2D eigenvalue weighted by Gasteiger charge is 2.28. The number of hydrogen-bond donors (Lipinski definition) is 1. The summed E-state index contributed by atoms with van der Waals surface area (Å²) in [5.41, 5.74) is 2.32. The van der Waals surface area contributed by atoms with Gasteiger partial charge in [-0.2, -0.15) is 9.36 Å². The zero-order valence-corrected chi connectivity index (χ0v) is 19.4. The molecule has 2 aliphatic carbocycles. The van der Waals surface area contributed by atoms with E-state index in [1.807, 2.05) is 42.4 Å². The Labute approximate surface area is 193 Å². The molecule has 0 bridgehead atoms. The molecule has 33 heavy (non-hydrogen) atoms. The quantitative estimate of drug-likeness (QED) is 0.491. The average Bonchev–Trinajstić information content (AvgIpc) is 3.61. The topological polar surface area (TPSA) is 98.3 Å². The molecular formula is C24H30N6O3. The second-order valence-corrected chi connectivity index (χ2v) is 8.51. The van der Waals surface area contributed by atoms with Crippen LogP contribution >= 0.6 is 0 Å². The van der Waals surface area contributed by atoms with Crippen LogP contribution < -0.4 is 5.69 Å². The number of nitrogens with one attached hydrogen (secondary N) is 1. The molecular weight excluding hydrogens is 420 g/mol. The number of nitrogens with zero attached hydrogens (tertiary/aromatic N) is 5. The van der Waals surface area contributed by atoms with Gasteiger partial charge in [0.05, 0.1) is 18.8 Å². The SMILES string of the molecule is COC1=CC=CC(C)C1N(C)/C=C\C(=N)OCc1c(C2CC2)cccc1-n1nnn(C)c1=O. The van der Waals surface area contributed by atoms with Crippen molar-refractivity contribution in [2.45, 2.75) is 38.3 Å². The number of benzene rings is 1. The Morgan fingerprint density at radius 2 is 2.12 bits per heavy atom. The van der Waals surface area contributed by atoms with Crippen LogP contribution in [0.15, 0.2) is 59.3 Å². The van der Waals surface area contributed by atoms with Crippen molar-refractivity contribution in [2.75, 3.05) is 14.2 Å². The van der Waals surface area contributed by atoms with Gasteiger partial charge < -0.3 is 14.4 Å². The molecule has 0 saturated heterocycles. The minimum absolute atomic E-state index is 0.0341. The number of methoxy groups -OCH3 is 1. The van der Waals surface area contributed by atoms with Crippen LogP contribution in [-0.4, -0.2) is 50.8 Å². The van der Waals surface area contributed by atoms with E-state index in [0.717, 1.165) is 29.7 Å². The Bertz CT molecular complexity index is 1170. The largest absolute Gasteiger partial charge is 0.499 e. The molecule has 0 spiro atoms. The Morgan fingerprint density at radius 3 is 2.79 bits per heavy atom. The van der Waals surface area contributed by atoms with Crippen LogP contribution in [0.1, 0.15) is 36.8 Å². The maximum Gasteiger partial charge on any atom is 0.368 e. The third-order valence-electron chi connectivity index (χ3n) is 6.13. The molecule has 174 valence electrons. The van der Waals surface area contributed by atoms with Crippen LogP contribution in [0.4, 0.5) is 0 Å². The molecule has 2 aromatic rings. The lowest BCUT2D eigenvalue weighted by molar-refractivity contribution is 0.182. The molecule has 1 aromatic heterocycles. The van der Waals surface area contributed by atoms with E-state index >= 15 is 0 Å². The van der Waals surface area contributed by atoms with Gasteiger partial charge in [0.2, 0.25) is 5.90 Å². The van der Waals surface area contributed by atoms with Gasteiger partial charge in [0.15, 0.2) is 0 Å². The van der Waals surface area contributed by atoms with E-state index in [2.05, 4.69) is 29.5 Å². The van der Waals surface area contributed by atoms with Gasteiger partial charge in [0.1, 0.15) is 12.4 Å². The number of likely N-dealkylation sites (N-methyl/N-ethyl adjacent to an activating group) is 1. The maximum atomic E-state index is 12.4. The highest BCUT2D eigenvalue weighted by molar-refractivity contribution is 5.84. The van der Waals surface area contributed by atoms with Gasteiger partial charge in [0, 0.05) is 37.9 Å². The van der Waals surface area contributed by atoms with E-state index < -0.39 is 0 Å². The second-order valence-electron chi connectivity index (χ2n) is 8.51. The highest BCUT2D eigenvalue weighted by atomic mass is 16.5. The maximum absolute atomic E-state index is 12.4. The van der Waals surface area contributed by atoms with Crippen molar-refractivity contribution < 1.29 is 9.47 Å². The Morgan fingerprint density at radius 1 is 1.33 bits per heavy atom. The molecule has 1 saturated carbocycles. The van der Waals surface area contributed by atoms with Crippen LogP contribution in [0.5, 0.6) is 0 Å². The van der Waals surface area contributed by atoms with Crippen molar-refractivity contribution in [1.82, 2.24) is 24.7 Å². The van der Waals surface area contributed by atoms with Gasteiger partial charge in [-0.25, -0.2) is 4.79 Å². The van der Waals surface area contributed by atoms with Crippen molar-refractivity contribution in [3.63, 3.8) is 0 Å².